The van der Waals surface area contributed by atoms with E-state index in [1.54, 1.807) is 0 Å². The van der Waals surface area contributed by atoms with Gasteiger partial charge < -0.3 is 9.64 Å². The summed E-state index contributed by atoms with van der Waals surface area (Å²) in [6, 6.07) is 0.497. The summed E-state index contributed by atoms with van der Waals surface area (Å²) in [5, 5.41) is 0. The summed E-state index contributed by atoms with van der Waals surface area (Å²) in [5.41, 5.74) is 1.39. The molecule has 0 spiro atoms. The van der Waals surface area contributed by atoms with Crippen LogP contribution in [0.1, 0.15) is 59.3 Å². The lowest BCUT2D eigenvalue weighted by atomic mass is 9.59. The normalized spacial score (nSPS) is 42.5. The number of carbonyl (C=O) groups excluding carboxylic acids is 1. The van der Waals surface area contributed by atoms with Gasteiger partial charge in [-0.1, -0.05) is 32.1 Å². The lowest BCUT2D eigenvalue weighted by Crippen LogP contribution is -2.52. The highest BCUT2D eigenvalue weighted by Gasteiger charge is 2.47. The Balaban J connectivity index is 1.29. The van der Waals surface area contributed by atoms with E-state index < -0.39 is 0 Å². The Kier molecular flexibility index (Phi) is 4.87. The van der Waals surface area contributed by atoms with E-state index in [1.165, 1.54) is 44.7 Å². The standard InChI is InChI=1S/C25H36N2O2/c1-16(28)29-24-15-27(12-11-25(24,2)3)18-8-10-21-20-9-7-17-5-4-6-19(17)22(20)14-26-23(21)13-18/h4-5,11-12,17-22,24H,6-10,13-15H2,1-3H3/t17-,18?,19+,20-,21-,22+,24?/m1/s1. The molecule has 5 aliphatic rings. The van der Waals surface area contributed by atoms with E-state index in [0.29, 0.717) is 6.04 Å². The summed E-state index contributed by atoms with van der Waals surface area (Å²) < 4.78 is 5.68. The van der Waals surface area contributed by atoms with Gasteiger partial charge in [0.2, 0.25) is 0 Å². The Bertz CT molecular complexity index is 752. The molecule has 0 aromatic rings. The maximum absolute atomic E-state index is 11.6. The van der Waals surface area contributed by atoms with Gasteiger partial charge in [-0.05, 0) is 62.0 Å². The van der Waals surface area contributed by atoms with Gasteiger partial charge in [-0.3, -0.25) is 9.79 Å². The van der Waals surface area contributed by atoms with Crippen LogP contribution in [0.15, 0.2) is 29.4 Å². The Hall–Kier alpha value is -1.58. The van der Waals surface area contributed by atoms with E-state index in [-0.39, 0.29) is 17.5 Å². The van der Waals surface area contributed by atoms with Crippen LogP contribution in [0.25, 0.3) is 0 Å². The first kappa shape index (κ1) is 19.4. The number of rotatable bonds is 2. The van der Waals surface area contributed by atoms with E-state index in [9.17, 15) is 4.79 Å². The molecule has 29 heavy (non-hydrogen) atoms. The Morgan fingerprint density at radius 3 is 2.86 bits per heavy atom. The first-order valence-electron chi connectivity index (χ1n) is 11.7. The van der Waals surface area contributed by atoms with Crippen molar-refractivity contribution in [2.45, 2.75) is 71.4 Å². The van der Waals surface area contributed by atoms with Crippen molar-refractivity contribution >= 4 is 11.7 Å². The molecule has 7 atom stereocenters. The third-order valence-electron chi connectivity index (χ3n) is 8.66. The van der Waals surface area contributed by atoms with Gasteiger partial charge in [0.05, 0.1) is 6.54 Å². The predicted octanol–water partition coefficient (Wildman–Crippen LogP) is 4.62. The SMILES string of the molecule is CC(=O)OC1CN(C2CC[C@H]3C(=NC[C@H]4[C@H]5CC=C[C@@H]5CC[C@@H]43)C2)C=CC1(C)C. The summed E-state index contributed by atoms with van der Waals surface area (Å²) in [6.45, 7) is 7.69. The summed E-state index contributed by atoms with van der Waals surface area (Å²) in [4.78, 5) is 19.2. The maximum Gasteiger partial charge on any atom is 0.302 e. The van der Waals surface area contributed by atoms with Crippen LogP contribution in [0.4, 0.5) is 0 Å². The van der Waals surface area contributed by atoms with Crippen LogP contribution in [0, 0.1) is 35.0 Å². The van der Waals surface area contributed by atoms with Gasteiger partial charge in [-0.15, -0.1) is 0 Å². The fourth-order valence-electron chi connectivity index (χ4n) is 6.94. The topological polar surface area (TPSA) is 41.9 Å². The van der Waals surface area contributed by atoms with Crippen molar-refractivity contribution in [3.8, 4) is 0 Å². The minimum Gasteiger partial charge on any atom is -0.460 e. The summed E-state index contributed by atoms with van der Waals surface area (Å²) in [5.74, 6) is 3.94. The van der Waals surface area contributed by atoms with Crippen molar-refractivity contribution in [2.24, 2.45) is 40.0 Å². The molecule has 2 fully saturated rings. The zero-order valence-electron chi connectivity index (χ0n) is 18.2. The minimum atomic E-state index is -0.179. The van der Waals surface area contributed by atoms with Crippen molar-refractivity contribution < 1.29 is 9.53 Å². The van der Waals surface area contributed by atoms with Gasteiger partial charge >= 0.3 is 5.97 Å². The van der Waals surface area contributed by atoms with Gasteiger partial charge in [0.15, 0.2) is 0 Å². The molecule has 0 aromatic heterocycles. The fourth-order valence-corrected chi connectivity index (χ4v) is 6.94. The fraction of sp³-hybridized carbons (Fsp3) is 0.760. The molecule has 158 valence electrons. The van der Waals surface area contributed by atoms with Gasteiger partial charge in [-0.25, -0.2) is 0 Å². The maximum atomic E-state index is 11.6. The molecule has 3 aliphatic carbocycles. The summed E-state index contributed by atoms with van der Waals surface area (Å²) in [7, 11) is 0. The van der Waals surface area contributed by atoms with Gasteiger partial charge in [0, 0.05) is 43.0 Å². The number of aliphatic imine (C=N–C) groups is 1. The number of ether oxygens (including phenoxy) is 1. The molecule has 2 saturated carbocycles. The Labute approximate surface area is 175 Å². The zero-order valence-corrected chi connectivity index (χ0v) is 18.2. The van der Waals surface area contributed by atoms with Gasteiger partial charge in [-0.2, -0.15) is 0 Å². The predicted molar refractivity (Wildman–Crippen MR) is 116 cm³/mol. The molecule has 0 saturated heterocycles. The van der Waals surface area contributed by atoms with Crippen LogP contribution in [-0.4, -0.2) is 41.8 Å². The number of fused-ring (bicyclic) bond motifs is 5. The molecule has 0 bridgehead atoms. The van der Waals surface area contributed by atoms with E-state index in [0.717, 1.165) is 49.1 Å². The first-order chi connectivity index (χ1) is 13.9. The second-order valence-electron chi connectivity index (χ2n) is 10.7. The average Bonchev–Trinajstić information content (AvgIpc) is 3.17. The minimum absolute atomic E-state index is 0.0782. The number of hydrogen-bond acceptors (Lipinski definition) is 4. The second-order valence-corrected chi connectivity index (χ2v) is 10.7. The highest BCUT2D eigenvalue weighted by atomic mass is 16.5. The van der Waals surface area contributed by atoms with Crippen molar-refractivity contribution in [1.29, 1.82) is 0 Å². The van der Waals surface area contributed by atoms with Gasteiger partial charge in [0.25, 0.3) is 0 Å². The monoisotopic (exact) mass is 396 g/mol. The van der Waals surface area contributed by atoms with Crippen molar-refractivity contribution in [3.05, 3.63) is 24.4 Å². The molecule has 5 rings (SSSR count). The molecule has 0 amide bonds. The lowest BCUT2D eigenvalue weighted by Gasteiger charge is -2.50. The molecule has 0 radical (unpaired) electrons. The molecule has 2 unspecified atom stereocenters. The third-order valence-corrected chi connectivity index (χ3v) is 8.66. The molecule has 2 aliphatic heterocycles. The van der Waals surface area contributed by atoms with Crippen LogP contribution in [0.2, 0.25) is 0 Å². The molecule has 0 aromatic carbocycles. The second kappa shape index (κ2) is 7.28. The molecule has 0 N–H and O–H groups in total. The quantitative estimate of drug-likeness (QED) is 0.505. The number of nitrogens with zero attached hydrogens (tertiary/aromatic N) is 2. The van der Waals surface area contributed by atoms with Crippen LogP contribution < -0.4 is 0 Å². The van der Waals surface area contributed by atoms with Gasteiger partial charge in [0.1, 0.15) is 6.10 Å². The highest BCUT2D eigenvalue weighted by Crippen LogP contribution is 2.51. The molecular formula is C25H36N2O2. The highest BCUT2D eigenvalue weighted by molar-refractivity contribution is 5.89. The number of carbonyl (C=O) groups is 1. The summed E-state index contributed by atoms with van der Waals surface area (Å²) >= 11 is 0. The van der Waals surface area contributed by atoms with Crippen molar-refractivity contribution in [2.75, 3.05) is 13.1 Å². The molecule has 4 heteroatoms. The van der Waals surface area contributed by atoms with Crippen LogP contribution >= 0.6 is 0 Å². The van der Waals surface area contributed by atoms with Crippen LogP contribution in [0.3, 0.4) is 0 Å². The smallest absolute Gasteiger partial charge is 0.302 e. The van der Waals surface area contributed by atoms with Crippen LogP contribution in [0.5, 0.6) is 0 Å². The zero-order chi connectivity index (χ0) is 20.2. The number of esters is 1. The van der Waals surface area contributed by atoms with E-state index in [2.05, 4.69) is 43.2 Å². The molecular weight excluding hydrogens is 360 g/mol. The van der Waals surface area contributed by atoms with Crippen molar-refractivity contribution in [3.63, 3.8) is 0 Å². The third kappa shape index (κ3) is 3.47. The first-order valence-corrected chi connectivity index (χ1v) is 11.7. The lowest BCUT2D eigenvalue weighted by molar-refractivity contribution is -0.152. The Morgan fingerprint density at radius 1 is 1.17 bits per heavy atom. The van der Waals surface area contributed by atoms with E-state index >= 15 is 0 Å². The van der Waals surface area contributed by atoms with Crippen molar-refractivity contribution in [1.82, 2.24) is 4.90 Å². The Morgan fingerprint density at radius 2 is 2.03 bits per heavy atom. The van der Waals surface area contributed by atoms with E-state index in [1.807, 2.05) is 0 Å². The van der Waals surface area contributed by atoms with Crippen LogP contribution in [-0.2, 0) is 9.53 Å². The average molecular weight is 397 g/mol. The van der Waals surface area contributed by atoms with E-state index in [4.69, 9.17) is 9.73 Å². The number of allylic oxidation sites excluding steroid dienone is 2. The molecule has 2 heterocycles. The summed E-state index contributed by atoms with van der Waals surface area (Å²) in [6.07, 6.45) is 17.0. The largest absolute Gasteiger partial charge is 0.460 e. The number of hydrogen-bond donors (Lipinski definition) is 0. The molecule has 4 nitrogen and oxygen atoms in total.